The van der Waals surface area contributed by atoms with Gasteiger partial charge in [-0.15, -0.1) is 0 Å². The molecule has 0 bridgehead atoms. The highest BCUT2D eigenvalue weighted by Crippen LogP contribution is 2.25. The quantitative estimate of drug-likeness (QED) is 0.908. The highest BCUT2D eigenvalue weighted by atomic mass is 16.5. The van der Waals surface area contributed by atoms with Gasteiger partial charge in [0, 0.05) is 18.7 Å². The molecule has 1 saturated heterocycles. The monoisotopic (exact) mass is 305 g/mol. The van der Waals surface area contributed by atoms with Crippen LogP contribution in [0.3, 0.4) is 0 Å². The van der Waals surface area contributed by atoms with Crippen LogP contribution in [0, 0.1) is 11.8 Å². The first-order chi connectivity index (χ1) is 10.4. The van der Waals surface area contributed by atoms with E-state index in [1.165, 1.54) is 0 Å². The maximum Gasteiger partial charge on any atom is 0.308 e. The molecule has 22 heavy (non-hydrogen) atoms. The van der Waals surface area contributed by atoms with Crippen molar-refractivity contribution in [2.75, 3.05) is 13.1 Å². The summed E-state index contributed by atoms with van der Waals surface area (Å²) < 4.78 is 5.69. The van der Waals surface area contributed by atoms with Crippen molar-refractivity contribution in [1.29, 1.82) is 0 Å². The predicted molar refractivity (Wildman–Crippen MR) is 83.0 cm³/mol. The van der Waals surface area contributed by atoms with Crippen molar-refractivity contribution >= 4 is 11.9 Å². The van der Waals surface area contributed by atoms with Crippen LogP contribution >= 0.6 is 0 Å². The Morgan fingerprint density at radius 1 is 1.32 bits per heavy atom. The van der Waals surface area contributed by atoms with Gasteiger partial charge in [-0.1, -0.05) is 13.8 Å². The van der Waals surface area contributed by atoms with Gasteiger partial charge in [0.15, 0.2) is 0 Å². The van der Waals surface area contributed by atoms with Crippen molar-refractivity contribution in [3.05, 3.63) is 29.8 Å². The smallest absolute Gasteiger partial charge is 0.308 e. The molecule has 0 aliphatic carbocycles. The number of rotatable bonds is 5. The maximum absolute atomic E-state index is 12.4. The van der Waals surface area contributed by atoms with Crippen molar-refractivity contribution in [1.82, 2.24) is 4.90 Å². The zero-order valence-corrected chi connectivity index (χ0v) is 13.3. The van der Waals surface area contributed by atoms with Crippen LogP contribution in [0.4, 0.5) is 0 Å². The standard InChI is InChI=1S/C17H23NO4/c1-4-12(3)22-14-7-5-13(6-8-14)16(19)18-9-11(2)15(10-18)17(20)21/h5-8,11-12,15H,4,9-10H2,1-3H3,(H,20,21)/t11-,12?,15-/m1/s1. The molecule has 1 heterocycles. The Bertz CT molecular complexity index is 540. The van der Waals surface area contributed by atoms with E-state index in [1.807, 2.05) is 13.8 Å². The molecule has 1 unspecified atom stereocenters. The minimum atomic E-state index is -0.833. The van der Waals surface area contributed by atoms with Gasteiger partial charge in [0.2, 0.25) is 0 Å². The highest BCUT2D eigenvalue weighted by Gasteiger charge is 2.37. The lowest BCUT2D eigenvalue weighted by Gasteiger charge is -2.17. The summed E-state index contributed by atoms with van der Waals surface area (Å²) >= 11 is 0. The molecule has 0 saturated carbocycles. The maximum atomic E-state index is 12.4. The highest BCUT2D eigenvalue weighted by molar-refractivity contribution is 5.95. The number of carbonyl (C=O) groups is 2. The molecule has 5 nitrogen and oxygen atoms in total. The van der Waals surface area contributed by atoms with E-state index in [4.69, 9.17) is 9.84 Å². The fourth-order valence-electron chi connectivity index (χ4n) is 2.63. The van der Waals surface area contributed by atoms with E-state index in [0.717, 1.165) is 12.2 Å². The predicted octanol–water partition coefficient (Wildman–Crippen LogP) is 2.66. The van der Waals surface area contributed by atoms with Crippen LogP contribution in [-0.4, -0.2) is 41.1 Å². The largest absolute Gasteiger partial charge is 0.491 e. The molecule has 1 aromatic rings. The number of hydrogen-bond acceptors (Lipinski definition) is 3. The number of carboxylic acids is 1. The van der Waals surface area contributed by atoms with Crippen molar-refractivity contribution in [2.45, 2.75) is 33.3 Å². The van der Waals surface area contributed by atoms with Crippen molar-refractivity contribution < 1.29 is 19.4 Å². The van der Waals surface area contributed by atoms with E-state index in [-0.39, 0.29) is 24.5 Å². The molecule has 5 heteroatoms. The molecule has 1 fully saturated rings. The summed E-state index contributed by atoms with van der Waals surface area (Å²) in [5.41, 5.74) is 0.565. The molecule has 120 valence electrons. The summed E-state index contributed by atoms with van der Waals surface area (Å²) in [5, 5.41) is 9.14. The molecule has 1 aliphatic rings. The van der Waals surface area contributed by atoms with Gasteiger partial charge >= 0.3 is 5.97 Å². The fourth-order valence-corrected chi connectivity index (χ4v) is 2.63. The average molecular weight is 305 g/mol. The third kappa shape index (κ3) is 3.59. The van der Waals surface area contributed by atoms with Crippen LogP contribution in [0.15, 0.2) is 24.3 Å². The van der Waals surface area contributed by atoms with Crippen molar-refractivity contribution in [2.24, 2.45) is 11.8 Å². The van der Waals surface area contributed by atoms with Crippen LogP contribution in [0.2, 0.25) is 0 Å². The minimum Gasteiger partial charge on any atom is -0.491 e. The van der Waals surface area contributed by atoms with Crippen molar-refractivity contribution in [3.8, 4) is 5.75 Å². The van der Waals surface area contributed by atoms with Crippen LogP contribution in [0.25, 0.3) is 0 Å². The van der Waals surface area contributed by atoms with Crippen LogP contribution < -0.4 is 4.74 Å². The molecule has 1 aromatic carbocycles. The number of hydrogen-bond donors (Lipinski definition) is 1. The second kappa shape index (κ2) is 6.81. The Morgan fingerprint density at radius 2 is 1.95 bits per heavy atom. The van der Waals surface area contributed by atoms with Gasteiger partial charge in [-0.05, 0) is 43.5 Å². The lowest BCUT2D eigenvalue weighted by atomic mass is 9.99. The van der Waals surface area contributed by atoms with Gasteiger partial charge in [-0.2, -0.15) is 0 Å². The number of carbonyl (C=O) groups excluding carboxylic acids is 1. The zero-order chi connectivity index (χ0) is 16.3. The van der Waals surface area contributed by atoms with E-state index in [9.17, 15) is 9.59 Å². The lowest BCUT2D eigenvalue weighted by Crippen LogP contribution is -2.29. The Hall–Kier alpha value is -2.04. The molecule has 0 spiro atoms. The lowest BCUT2D eigenvalue weighted by molar-refractivity contribution is -0.142. The number of carboxylic acid groups (broad SMARTS) is 1. The zero-order valence-electron chi connectivity index (χ0n) is 13.3. The summed E-state index contributed by atoms with van der Waals surface area (Å²) in [5.74, 6) is -0.707. The van der Waals surface area contributed by atoms with Gasteiger partial charge in [-0.25, -0.2) is 0 Å². The first kappa shape index (κ1) is 16.3. The number of benzene rings is 1. The summed E-state index contributed by atoms with van der Waals surface area (Å²) in [6.07, 6.45) is 1.06. The van der Waals surface area contributed by atoms with Gasteiger partial charge in [-0.3, -0.25) is 9.59 Å². The summed E-state index contributed by atoms with van der Waals surface area (Å²) in [6, 6.07) is 7.04. The van der Waals surface area contributed by atoms with Gasteiger partial charge < -0.3 is 14.7 Å². The molecule has 3 atom stereocenters. The van der Waals surface area contributed by atoms with E-state index in [1.54, 1.807) is 29.2 Å². The summed E-state index contributed by atoms with van der Waals surface area (Å²) in [7, 11) is 0. The van der Waals surface area contributed by atoms with Crippen LogP contribution in [0.1, 0.15) is 37.6 Å². The Kier molecular flexibility index (Phi) is 5.06. The van der Waals surface area contributed by atoms with Crippen molar-refractivity contribution in [3.63, 3.8) is 0 Å². The van der Waals surface area contributed by atoms with E-state index < -0.39 is 11.9 Å². The number of ether oxygens (including phenoxy) is 1. The molecule has 1 amide bonds. The SMILES string of the molecule is CCC(C)Oc1ccc(C(=O)N2C[C@@H](C)[C@H](C(=O)O)C2)cc1. The number of amides is 1. The molecule has 1 N–H and O–H groups in total. The second-order valence-corrected chi connectivity index (χ2v) is 5.99. The normalized spacial score (nSPS) is 22.4. The summed E-state index contributed by atoms with van der Waals surface area (Å²) in [6.45, 7) is 6.68. The Morgan fingerprint density at radius 3 is 2.45 bits per heavy atom. The first-order valence-electron chi connectivity index (χ1n) is 7.71. The molecule has 2 rings (SSSR count). The average Bonchev–Trinajstić information content (AvgIpc) is 2.89. The Labute approximate surface area is 130 Å². The molecule has 0 aromatic heterocycles. The first-order valence-corrected chi connectivity index (χ1v) is 7.71. The summed E-state index contributed by atoms with van der Waals surface area (Å²) in [4.78, 5) is 25.2. The van der Waals surface area contributed by atoms with E-state index >= 15 is 0 Å². The molecular weight excluding hydrogens is 282 g/mol. The number of aliphatic carboxylic acids is 1. The number of likely N-dealkylation sites (tertiary alicyclic amines) is 1. The van der Waals surface area contributed by atoms with Gasteiger partial charge in [0.25, 0.3) is 5.91 Å². The second-order valence-electron chi connectivity index (χ2n) is 5.99. The van der Waals surface area contributed by atoms with Gasteiger partial charge in [0.1, 0.15) is 5.75 Å². The molecular formula is C17H23NO4. The topological polar surface area (TPSA) is 66.8 Å². The third-order valence-corrected chi connectivity index (χ3v) is 4.23. The number of nitrogens with zero attached hydrogens (tertiary/aromatic N) is 1. The van der Waals surface area contributed by atoms with Crippen LogP contribution in [-0.2, 0) is 4.79 Å². The van der Waals surface area contributed by atoms with E-state index in [0.29, 0.717) is 12.1 Å². The Balaban J connectivity index is 2.03. The molecule has 1 aliphatic heterocycles. The van der Waals surface area contributed by atoms with Crippen LogP contribution in [0.5, 0.6) is 5.75 Å². The van der Waals surface area contributed by atoms with E-state index in [2.05, 4.69) is 6.92 Å². The fraction of sp³-hybridized carbons (Fsp3) is 0.529. The minimum absolute atomic E-state index is 0.0190. The van der Waals surface area contributed by atoms with Gasteiger partial charge in [0.05, 0.1) is 12.0 Å². The third-order valence-electron chi connectivity index (χ3n) is 4.23. The molecule has 0 radical (unpaired) electrons.